The van der Waals surface area contributed by atoms with Gasteiger partial charge in [0.1, 0.15) is 24.2 Å². The highest BCUT2D eigenvalue weighted by Crippen LogP contribution is 2.49. The van der Waals surface area contributed by atoms with Crippen LogP contribution in [0.3, 0.4) is 0 Å². The van der Waals surface area contributed by atoms with Gasteiger partial charge in [-0.25, -0.2) is 4.99 Å². The van der Waals surface area contributed by atoms with Crippen molar-refractivity contribution in [2.75, 3.05) is 25.6 Å². The molecule has 4 saturated heterocycles. The first kappa shape index (κ1) is 58.4. The summed E-state index contributed by atoms with van der Waals surface area (Å²) < 4.78 is 0. The number of rotatable bonds is 16. The van der Waals surface area contributed by atoms with Gasteiger partial charge in [0.15, 0.2) is 0 Å². The Bertz CT molecular complexity index is 2880. The van der Waals surface area contributed by atoms with Gasteiger partial charge in [0.2, 0.25) is 29.5 Å². The van der Waals surface area contributed by atoms with Crippen molar-refractivity contribution in [1.82, 2.24) is 47.0 Å². The second kappa shape index (κ2) is 24.5. The topological polar surface area (TPSA) is 205 Å². The lowest BCUT2D eigenvalue weighted by Crippen LogP contribution is -2.58. The van der Waals surface area contributed by atoms with E-state index < -0.39 is 64.7 Å². The van der Waals surface area contributed by atoms with Crippen molar-refractivity contribution < 1.29 is 28.8 Å². The number of nitrogens with zero attached hydrogens (tertiary/aromatic N) is 3. The molecule has 422 valence electrons. The minimum atomic E-state index is -0.776. The van der Waals surface area contributed by atoms with Gasteiger partial charge in [0.25, 0.3) is 5.91 Å². The van der Waals surface area contributed by atoms with Crippen LogP contribution in [-0.2, 0) is 54.7 Å². The summed E-state index contributed by atoms with van der Waals surface area (Å²) in [7, 11) is 3.64. The molecule has 0 saturated carbocycles. The molecule has 4 heterocycles. The Labute approximate surface area is 484 Å². The van der Waals surface area contributed by atoms with Gasteiger partial charge in [0.05, 0.1) is 50.7 Å². The Kier molecular flexibility index (Phi) is 18.1. The summed E-state index contributed by atoms with van der Waals surface area (Å²) in [4.78, 5) is 95.2. The predicted octanol–water partition coefficient (Wildman–Crippen LogP) is 5.47. The van der Waals surface area contributed by atoms with Gasteiger partial charge < -0.3 is 47.0 Å². The molecule has 9 rings (SSSR count). The number of carbonyl (C=O) groups is 6. The largest absolute Gasteiger partial charge is 0.367 e. The highest BCUT2D eigenvalue weighted by atomic mass is 32.2. The van der Waals surface area contributed by atoms with E-state index in [1.54, 1.807) is 39.5 Å². The predicted molar refractivity (Wildman–Crippen MR) is 320 cm³/mol. The van der Waals surface area contributed by atoms with E-state index in [0.29, 0.717) is 48.5 Å². The van der Waals surface area contributed by atoms with Gasteiger partial charge in [-0.05, 0) is 122 Å². The van der Waals surface area contributed by atoms with Gasteiger partial charge in [0, 0.05) is 25.2 Å². The molecule has 2 aliphatic carbocycles. The van der Waals surface area contributed by atoms with Crippen LogP contribution in [-0.4, -0.2) is 134 Å². The molecule has 6 aliphatic rings. The van der Waals surface area contributed by atoms with E-state index in [0.717, 1.165) is 44.9 Å². The summed E-state index contributed by atoms with van der Waals surface area (Å²) in [6.45, 7) is 12.5. The molecule has 1 unspecified atom stereocenters. The molecule has 3 aromatic rings. The van der Waals surface area contributed by atoms with Crippen LogP contribution in [0, 0.1) is 22.7 Å². The summed E-state index contributed by atoms with van der Waals surface area (Å²) in [6.07, 6.45) is 5.06. The third kappa shape index (κ3) is 12.3. The fraction of sp³-hybridized carbons (Fsp3) is 0.542. The van der Waals surface area contributed by atoms with E-state index in [2.05, 4.69) is 42.2 Å². The molecule has 4 fully saturated rings. The number of amides is 6. The number of likely N-dealkylation sites (N-methyl/N-ethyl adjacent to an activating group) is 2. The molecule has 0 bridgehead atoms. The van der Waals surface area contributed by atoms with Crippen molar-refractivity contribution in [1.29, 1.82) is 0 Å². The molecule has 6 amide bonds. The first-order chi connectivity index (χ1) is 37.7. The minimum absolute atomic E-state index is 0.115. The molecular formula is C59H76N10O6S4. The fourth-order valence-electron chi connectivity index (χ4n) is 12.5. The maximum absolute atomic E-state index is 14.7. The molecular weight excluding hydrogens is 1070 g/mol. The molecule has 0 aromatic heterocycles. The van der Waals surface area contributed by atoms with Crippen LogP contribution in [0.4, 0.5) is 0 Å². The number of nitrogens with one attached hydrogen (secondary N) is 7. The third-order valence-corrected chi connectivity index (χ3v) is 20.6. The number of thiocarbonyl (C=S) groups is 2. The molecule has 20 heteroatoms. The number of carbonyl (C=O) groups excluding carboxylic acids is 6. The Balaban J connectivity index is 0.821. The van der Waals surface area contributed by atoms with E-state index in [9.17, 15) is 28.8 Å². The monoisotopic (exact) mass is 1150 g/mol. The lowest BCUT2D eigenvalue weighted by molar-refractivity contribution is -0.143. The van der Waals surface area contributed by atoms with Crippen LogP contribution in [0.1, 0.15) is 113 Å². The van der Waals surface area contributed by atoms with E-state index in [4.69, 9.17) is 24.4 Å². The lowest BCUT2D eigenvalue weighted by Gasteiger charge is -2.35. The summed E-state index contributed by atoms with van der Waals surface area (Å²) in [5.41, 5.74) is 4.54. The molecule has 16 nitrogen and oxygen atoms in total. The number of fused-ring (bicyclic) bond motifs is 4. The van der Waals surface area contributed by atoms with Gasteiger partial charge in [-0.3, -0.25) is 28.8 Å². The highest BCUT2D eigenvalue weighted by molar-refractivity contribution is 8.00. The number of benzene rings is 3. The van der Waals surface area contributed by atoms with Crippen molar-refractivity contribution in [3.63, 3.8) is 0 Å². The van der Waals surface area contributed by atoms with Crippen molar-refractivity contribution in [3.8, 4) is 0 Å². The molecule has 0 spiro atoms. The van der Waals surface area contributed by atoms with Crippen molar-refractivity contribution in [2.45, 2.75) is 152 Å². The first-order valence-electron chi connectivity index (χ1n) is 27.7. The SMILES string of the molecule is CN[C@@H](C)C(=S)N[C@H]1CCS[C@H]2CC(C)(C)[C@@H](C(=O)N=CC3c4ccccc4C[C@H]3C(=O)NCc3ccc(CNC(=O)[C@@H]4Cc5ccccc5[C@@H]4NC(=O)[C@H]4N5C(=O)[C@@H](NC(=S)[C@H](C)NC)CCS[C@H]5CC4(C)C)cc3)N2C1=O. The minimum Gasteiger partial charge on any atom is -0.367 e. The lowest BCUT2D eigenvalue weighted by atomic mass is 9.83. The summed E-state index contributed by atoms with van der Waals surface area (Å²) in [5.74, 6) is -1.35. The van der Waals surface area contributed by atoms with E-state index in [1.807, 2.05) is 128 Å². The van der Waals surface area contributed by atoms with Crippen molar-refractivity contribution in [3.05, 3.63) is 106 Å². The Morgan fingerprint density at radius 2 is 1.10 bits per heavy atom. The smallest absolute Gasteiger partial charge is 0.268 e. The second-order valence-corrected chi connectivity index (χ2v) is 26.9. The Hall–Kier alpha value is -5.25. The van der Waals surface area contributed by atoms with Gasteiger partial charge in [-0.15, -0.1) is 23.5 Å². The average molecular weight is 1150 g/mol. The third-order valence-electron chi connectivity index (χ3n) is 17.2. The summed E-state index contributed by atoms with van der Waals surface area (Å²) in [6, 6.07) is 20.0. The Morgan fingerprint density at radius 3 is 1.63 bits per heavy atom. The summed E-state index contributed by atoms with van der Waals surface area (Å²) >= 11 is 14.6. The maximum Gasteiger partial charge on any atom is 0.268 e. The molecule has 7 N–H and O–H groups in total. The molecule has 79 heavy (non-hydrogen) atoms. The van der Waals surface area contributed by atoms with Crippen LogP contribution < -0.4 is 37.2 Å². The normalized spacial score (nSPS) is 28.3. The average Bonchev–Trinajstić information content (AvgIpc) is 4.34. The van der Waals surface area contributed by atoms with E-state index in [1.165, 1.54) is 0 Å². The first-order valence-corrected chi connectivity index (χ1v) is 30.6. The quantitative estimate of drug-likeness (QED) is 0.0703. The standard InChI is InChI=1S/C59H76N10O6S4/c1-32(60-7)54(76)65-43-21-23-78-45-27-58(3,4)48(68(45)56(43)74)52(72)64-31-42-38-15-11-9-13-36(38)25-40(42)50(70)62-29-34-17-19-35(20-18-34)30-63-51(71)41-26-37-14-10-12-16-39(37)47(41)67-53(73)49-59(5,6)28-46-69(49)57(75)44(22-24-79-46)66-55(77)33(2)61-8/h9-20,31-33,40-49,60-61H,21-30H2,1-8H3,(H,62,70)(H,63,71)(H,65,76)(H,66,77)(H,67,73)/t32-,33-,40+,41+,42?,43-,44-,45-,46-,47-,48+,49+/m0/s1. The molecule has 0 radical (unpaired) electrons. The summed E-state index contributed by atoms with van der Waals surface area (Å²) in [5, 5.41) is 22.1. The van der Waals surface area contributed by atoms with Crippen LogP contribution >= 0.6 is 48.0 Å². The zero-order valence-electron chi connectivity index (χ0n) is 46.4. The highest BCUT2D eigenvalue weighted by Gasteiger charge is 2.56. The fourth-order valence-corrected chi connectivity index (χ4v) is 16.2. The van der Waals surface area contributed by atoms with Crippen LogP contribution in [0.5, 0.6) is 0 Å². The zero-order valence-corrected chi connectivity index (χ0v) is 49.7. The maximum atomic E-state index is 14.7. The van der Waals surface area contributed by atoms with Gasteiger partial charge in [-0.1, -0.05) is 125 Å². The zero-order chi connectivity index (χ0) is 56.5. The molecule has 3 aromatic carbocycles. The van der Waals surface area contributed by atoms with Gasteiger partial charge >= 0.3 is 0 Å². The van der Waals surface area contributed by atoms with Crippen molar-refractivity contribution in [2.24, 2.45) is 27.7 Å². The van der Waals surface area contributed by atoms with E-state index in [-0.39, 0.29) is 65.5 Å². The molecule has 4 aliphatic heterocycles. The van der Waals surface area contributed by atoms with E-state index >= 15 is 0 Å². The number of hydrogen-bond donors (Lipinski definition) is 7. The molecule has 12 atom stereocenters. The Morgan fingerprint density at radius 1 is 0.646 bits per heavy atom. The van der Waals surface area contributed by atoms with Crippen LogP contribution in [0.25, 0.3) is 0 Å². The number of thioether (sulfide) groups is 2. The van der Waals surface area contributed by atoms with Crippen molar-refractivity contribution >= 4 is 99.6 Å². The van der Waals surface area contributed by atoms with Crippen LogP contribution in [0.2, 0.25) is 0 Å². The van der Waals surface area contributed by atoms with Crippen LogP contribution in [0.15, 0.2) is 77.8 Å². The second-order valence-electron chi connectivity index (χ2n) is 23.5. The number of hydrogen-bond acceptors (Lipinski definition) is 12. The van der Waals surface area contributed by atoms with Gasteiger partial charge in [-0.2, -0.15) is 0 Å². The number of aliphatic imine (C=N–C) groups is 1.